The van der Waals surface area contributed by atoms with Crippen LogP contribution in [0.5, 0.6) is 0 Å². The summed E-state index contributed by atoms with van der Waals surface area (Å²) < 4.78 is 0. The number of carbonyl (C=O) groups is 3. The Balaban J connectivity index is 1.25. The van der Waals surface area contributed by atoms with Crippen molar-refractivity contribution in [2.75, 3.05) is 51.2 Å². The third kappa shape index (κ3) is 3.64. The standard InChI is InChI=1S/C18H22N6O3S/c1-21-12-15(26)24(18(21)27)7-3-5-14(25)22-8-10-23(11-9-22)17-20-13-4-2-6-19-16(13)28-17/h2,4,6H,3,5,7-12H2,1H3. The van der Waals surface area contributed by atoms with Gasteiger partial charge in [0.25, 0.3) is 0 Å². The third-order valence-electron chi connectivity index (χ3n) is 5.06. The number of thiazole rings is 1. The molecule has 0 unspecified atom stereocenters. The molecular weight excluding hydrogens is 380 g/mol. The normalized spacial score (nSPS) is 17.9. The van der Waals surface area contributed by atoms with Crippen LogP contribution >= 0.6 is 11.3 Å². The monoisotopic (exact) mass is 402 g/mol. The Morgan fingerprint density at radius 3 is 2.68 bits per heavy atom. The summed E-state index contributed by atoms with van der Waals surface area (Å²) in [7, 11) is 1.60. The average molecular weight is 402 g/mol. The molecule has 2 saturated heterocycles. The van der Waals surface area contributed by atoms with Gasteiger partial charge in [0, 0.05) is 52.4 Å². The summed E-state index contributed by atoms with van der Waals surface area (Å²) in [5.74, 6) is -0.128. The molecule has 0 N–H and O–H groups in total. The number of pyridine rings is 1. The van der Waals surface area contributed by atoms with Crippen molar-refractivity contribution in [2.24, 2.45) is 0 Å². The Labute approximate surface area is 166 Å². The van der Waals surface area contributed by atoms with Crippen molar-refractivity contribution < 1.29 is 14.4 Å². The van der Waals surface area contributed by atoms with Gasteiger partial charge in [0.15, 0.2) is 5.13 Å². The van der Waals surface area contributed by atoms with Gasteiger partial charge in [-0.15, -0.1) is 0 Å². The van der Waals surface area contributed by atoms with E-state index in [1.54, 1.807) is 24.6 Å². The fourth-order valence-electron chi connectivity index (χ4n) is 3.48. The lowest BCUT2D eigenvalue weighted by molar-refractivity contribution is -0.132. The first-order chi connectivity index (χ1) is 13.5. The van der Waals surface area contributed by atoms with Gasteiger partial charge >= 0.3 is 6.03 Å². The highest BCUT2D eigenvalue weighted by atomic mass is 32.1. The van der Waals surface area contributed by atoms with Gasteiger partial charge in [-0.25, -0.2) is 14.8 Å². The number of nitrogens with zero attached hydrogens (tertiary/aromatic N) is 6. The average Bonchev–Trinajstić information content (AvgIpc) is 3.24. The maximum atomic E-state index is 12.5. The zero-order valence-electron chi connectivity index (χ0n) is 15.7. The summed E-state index contributed by atoms with van der Waals surface area (Å²) in [6.45, 7) is 3.18. The number of carbonyl (C=O) groups excluding carboxylic acids is 3. The molecular formula is C18H22N6O3S. The van der Waals surface area contributed by atoms with E-state index >= 15 is 0 Å². The van der Waals surface area contributed by atoms with Gasteiger partial charge in [-0.1, -0.05) is 11.3 Å². The molecule has 0 bridgehead atoms. The molecule has 0 radical (unpaired) electrons. The molecule has 10 heteroatoms. The summed E-state index contributed by atoms with van der Waals surface area (Å²) in [5.41, 5.74) is 0.901. The number of piperazine rings is 1. The molecule has 2 aromatic rings. The third-order valence-corrected chi connectivity index (χ3v) is 6.10. The SMILES string of the molecule is CN1CC(=O)N(CCCC(=O)N2CCN(c3nc4cccnc4s3)CC2)C1=O. The fraction of sp³-hybridized carbons (Fsp3) is 0.500. The summed E-state index contributed by atoms with van der Waals surface area (Å²) in [5, 5.41) is 0.941. The lowest BCUT2D eigenvalue weighted by Crippen LogP contribution is -2.48. The fourth-order valence-corrected chi connectivity index (χ4v) is 4.44. The first-order valence-corrected chi connectivity index (χ1v) is 10.1. The quantitative estimate of drug-likeness (QED) is 0.694. The van der Waals surface area contributed by atoms with E-state index in [0.29, 0.717) is 32.5 Å². The van der Waals surface area contributed by atoms with Crippen molar-refractivity contribution >= 4 is 44.7 Å². The van der Waals surface area contributed by atoms with Crippen LogP contribution in [0, 0.1) is 0 Å². The first-order valence-electron chi connectivity index (χ1n) is 9.32. The number of imide groups is 1. The zero-order valence-corrected chi connectivity index (χ0v) is 16.5. The van der Waals surface area contributed by atoms with Gasteiger partial charge in [-0.05, 0) is 18.6 Å². The van der Waals surface area contributed by atoms with Crippen LogP contribution < -0.4 is 4.90 Å². The van der Waals surface area contributed by atoms with Crippen molar-refractivity contribution in [3.63, 3.8) is 0 Å². The number of aromatic nitrogens is 2. The Bertz CT molecular complexity index is 875. The first kappa shape index (κ1) is 18.6. The van der Waals surface area contributed by atoms with E-state index in [1.807, 2.05) is 17.0 Å². The highest BCUT2D eigenvalue weighted by Crippen LogP contribution is 2.27. The van der Waals surface area contributed by atoms with Gasteiger partial charge in [0.1, 0.15) is 16.9 Å². The molecule has 0 saturated carbocycles. The Morgan fingerprint density at radius 2 is 2.00 bits per heavy atom. The van der Waals surface area contributed by atoms with E-state index in [9.17, 15) is 14.4 Å². The molecule has 4 heterocycles. The molecule has 0 atom stereocenters. The number of anilines is 1. The number of urea groups is 1. The van der Waals surface area contributed by atoms with Gasteiger partial charge < -0.3 is 14.7 Å². The summed E-state index contributed by atoms with van der Waals surface area (Å²) in [6, 6.07) is 3.55. The van der Waals surface area contributed by atoms with Crippen LogP contribution in [0.15, 0.2) is 18.3 Å². The number of rotatable bonds is 5. The largest absolute Gasteiger partial charge is 0.344 e. The highest BCUT2D eigenvalue weighted by molar-refractivity contribution is 7.21. The number of hydrogen-bond acceptors (Lipinski definition) is 7. The van der Waals surface area contributed by atoms with E-state index in [4.69, 9.17) is 0 Å². The maximum Gasteiger partial charge on any atom is 0.326 e. The van der Waals surface area contributed by atoms with Crippen molar-refractivity contribution in [2.45, 2.75) is 12.8 Å². The zero-order chi connectivity index (χ0) is 19.7. The maximum absolute atomic E-state index is 12.5. The van der Waals surface area contributed by atoms with E-state index in [2.05, 4.69) is 14.9 Å². The van der Waals surface area contributed by atoms with E-state index in [1.165, 1.54) is 9.80 Å². The second-order valence-corrected chi connectivity index (χ2v) is 7.94. The molecule has 28 heavy (non-hydrogen) atoms. The Hall–Kier alpha value is -2.75. The second kappa shape index (κ2) is 7.70. The topological polar surface area (TPSA) is 90.0 Å². The van der Waals surface area contributed by atoms with E-state index in [-0.39, 0.29) is 24.4 Å². The van der Waals surface area contributed by atoms with Gasteiger partial charge in [0.2, 0.25) is 11.8 Å². The molecule has 2 aliphatic rings. The summed E-state index contributed by atoms with van der Waals surface area (Å²) >= 11 is 1.57. The predicted molar refractivity (Wildman–Crippen MR) is 105 cm³/mol. The molecule has 4 amide bonds. The van der Waals surface area contributed by atoms with Gasteiger partial charge in [0.05, 0.1) is 0 Å². The molecule has 9 nitrogen and oxygen atoms in total. The number of amides is 4. The van der Waals surface area contributed by atoms with E-state index in [0.717, 1.165) is 28.6 Å². The highest BCUT2D eigenvalue weighted by Gasteiger charge is 2.33. The van der Waals surface area contributed by atoms with Crippen molar-refractivity contribution in [3.8, 4) is 0 Å². The molecule has 0 aromatic carbocycles. The van der Waals surface area contributed by atoms with Crippen LogP contribution in [-0.4, -0.2) is 88.8 Å². The summed E-state index contributed by atoms with van der Waals surface area (Å²) in [4.78, 5) is 52.6. The molecule has 148 valence electrons. The van der Waals surface area contributed by atoms with Crippen LogP contribution in [0.3, 0.4) is 0 Å². The smallest absolute Gasteiger partial charge is 0.326 e. The lowest BCUT2D eigenvalue weighted by Gasteiger charge is -2.34. The number of likely N-dealkylation sites (N-methyl/N-ethyl adjacent to an activating group) is 1. The lowest BCUT2D eigenvalue weighted by atomic mass is 10.2. The van der Waals surface area contributed by atoms with Crippen molar-refractivity contribution in [1.29, 1.82) is 0 Å². The molecule has 4 rings (SSSR count). The minimum atomic E-state index is -0.281. The van der Waals surface area contributed by atoms with Crippen LogP contribution in [-0.2, 0) is 9.59 Å². The predicted octanol–water partition coefficient (Wildman–Crippen LogP) is 1.01. The molecule has 2 fully saturated rings. The van der Waals surface area contributed by atoms with Crippen molar-refractivity contribution in [1.82, 2.24) is 24.7 Å². The number of fused-ring (bicyclic) bond motifs is 1. The molecule has 0 spiro atoms. The van der Waals surface area contributed by atoms with Crippen LogP contribution in [0.1, 0.15) is 12.8 Å². The minimum Gasteiger partial charge on any atom is -0.344 e. The van der Waals surface area contributed by atoms with Crippen LogP contribution in [0.2, 0.25) is 0 Å². The molecule has 2 aliphatic heterocycles. The van der Waals surface area contributed by atoms with Crippen LogP contribution in [0.4, 0.5) is 9.93 Å². The summed E-state index contributed by atoms with van der Waals surface area (Å²) in [6.07, 6.45) is 2.60. The van der Waals surface area contributed by atoms with Gasteiger partial charge in [-0.2, -0.15) is 0 Å². The Kier molecular flexibility index (Phi) is 5.12. The minimum absolute atomic E-state index is 0.0677. The van der Waals surface area contributed by atoms with Crippen LogP contribution in [0.25, 0.3) is 10.3 Å². The second-order valence-electron chi connectivity index (χ2n) is 6.98. The molecule has 2 aromatic heterocycles. The van der Waals surface area contributed by atoms with Crippen molar-refractivity contribution in [3.05, 3.63) is 18.3 Å². The number of hydrogen-bond donors (Lipinski definition) is 0. The van der Waals surface area contributed by atoms with E-state index < -0.39 is 0 Å². The molecule has 0 aliphatic carbocycles. The Morgan fingerprint density at radius 1 is 1.21 bits per heavy atom. The van der Waals surface area contributed by atoms with Gasteiger partial charge in [-0.3, -0.25) is 14.5 Å².